The van der Waals surface area contributed by atoms with Crippen molar-refractivity contribution in [2.45, 2.75) is 27.2 Å². The topological polar surface area (TPSA) is 52.7 Å². The van der Waals surface area contributed by atoms with E-state index in [2.05, 4.69) is 46.6 Å². The van der Waals surface area contributed by atoms with Gasteiger partial charge in [0.1, 0.15) is 0 Å². The zero-order chi connectivity index (χ0) is 19.4. The molecule has 0 amide bonds. The normalized spacial score (nSPS) is 15.1. The minimum atomic E-state index is -3.24. The van der Waals surface area contributed by atoms with E-state index in [4.69, 9.17) is 0 Å². The van der Waals surface area contributed by atoms with Crippen LogP contribution in [0, 0.1) is 13.8 Å². The number of aryl methyl sites for hydroxylation is 1. The fraction of sp³-hybridized carbons (Fsp3) is 0.429. The average molecular weight is 388 g/mol. The highest BCUT2D eigenvalue weighted by Gasteiger charge is 2.19. The first kappa shape index (κ1) is 19.5. The van der Waals surface area contributed by atoms with Crippen molar-refractivity contribution < 1.29 is 8.42 Å². The number of piperazine rings is 1. The molecule has 1 aliphatic heterocycles. The van der Waals surface area contributed by atoms with Crippen molar-refractivity contribution in [1.82, 2.24) is 0 Å². The van der Waals surface area contributed by atoms with E-state index in [0.717, 1.165) is 31.9 Å². The molecule has 27 heavy (non-hydrogen) atoms. The summed E-state index contributed by atoms with van der Waals surface area (Å²) < 4.78 is 26.4. The maximum absolute atomic E-state index is 11.9. The first-order valence-electron chi connectivity index (χ1n) is 9.56. The molecule has 2 aromatic rings. The smallest absolute Gasteiger partial charge is 0.232 e. The Morgan fingerprint density at radius 3 is 2.19 bits per heavy atom. The van der Waals surface area contributed by atoms with Crippen molar-refractivity contribution in [1.29, 1.82) is 0 Å². The summed E-state index contributed by atoms with van der Waals surface area (Å²) >= 11 is 0. The minimum absolute atomic E-state index is 0.148. The molecule has 1 heterocycles. The molecule has 1 N–H and O–H groups in total. The van der Waals surface area contributed by atoms with Crippen LogP contribution in [0.5, 0.6) is 0 Å². The van der Waals surface area contributed by atoms with Crippen LogP contribution in [0.4, 0.5) is 17.1 Å². The molecule has 6 heteroatoms. The second kappa shape index (κ2) is 8.21. The Hall–Kier alpha value is -2.21. The highest BCUT2D eigenvalue weighted by Crippen LogP contribution is 2.26. The van der Waals surface area contributed by atoms with Gasteiger partial charge in [-0.25, -0.2) is 8.42 Å². The second-order valence-electron chi connectivity index (χ2n) is 7.16. The molecule has 1 saturated heterocycles. The van der Waals surface area contributed by atoms with E-state index in [1.54, 1.807) is 0 Å². The van der Waals surface area contributed by atoms with Gasteiger partial charge in [-0.2, -0.15) is 0 Å². The third-order valence-electron chi connectivity index (χ3n) is 5.18. The third kappa shape index (κ3) is 4.75. The molecule has 146 valence electrons. The van der Waals surface area contributed by atoms with E-state index in [0.29, 0.717) is 12.1 Å². The molecular formula is C21H29N3O2S. The van der Waals surface area contributed by atoms with Gasteiger partial charge in [-0.1, -0.05) is 19.1 Å². The summed E-state index contributed by atoms with van der Waals surface area (Å²) in [5.41, 5.74) is 5.77. The number of rotatable bonds is 6. The SMILES string of the molecule is CCCS(=O)(=O)Nc1ccc(N2CCN(c3cccc(C)c3C)CC2)cc1. The molecule has 1 aliphatic rings. The first-order valence-corrected chi connectivity index (χ1v) is 11.2. The Labute approximate surface area is 163 Å². The molecule has 0 aliphatic carbocycles. The molecule has 0 spiro atoms. The van der Waals surface area contributed by atoms with Crippen LogP contribution >= 0.6 is 0 Å². The van der Waals surface area contributed by atoms with Crippen LogP contribution in [-0.4, -0.2) is 40.3 Å². The highest BCUT2D eigenvalue weighted by molar-refractivity contribution is 7.92. The van der Waals surface area contributed by atoms with Gasteiger partial charge >= 0.3 is 0 Å². The minimum Gasteiger partial charge on any atom is -0.368 e. The van der Waals surface area contributed by atoms with Crippen molar-refractivity contribution in [3.63, 3.8) is 0 Å². The number of nitrogens with one attached hydrogen (secondary N) is 1. The molecule has 0 atom stereocenters. The van der Waals surface area contributed by atoms with E-state index in [1.807, 2.05) is 31.2 Å². The fourth-order valence-electron chi connectivity index (χ4n) is 3.52. The lowest BCUT2D eigenvalue weighted by Crippen LogP contribution is -2.46. The van der Waals surface area contributed by atoms with Crippen LogP contribution in [0.1, 0.15) is 24.5 Å². The van der Waals surface area contributed by atoms with Crippen molar-refractivity contribution in [2.75, 3.05) is 46.5 Å². The van der Waals surface area contributed by atoms with E-state index in [9.17, 15) is 8.42 Å². The van der Waals surface area contributed by atoms with E-state index in [-0.39, 0.29) is 5.75 Å². The molecule has 1 fully saturated rings. The molecule has 0 saturated carbocycles. The van der Waals surface area contributed by atoms with Crippen LogP contribution in [0.2, 0.25) is 0 Å². The largest absolute Gasteiger partial charge is 0.368 e. The van der Waals surface area contributed by atoms with Gasteiger partial charge in [0, 0.05) is 43.2 Å². The maximum atomic E-state index is 11.9. The van der Waals surface area contributed by atoms with E-state index in [1.165, 1.54) is 16.8 Å². The molecule has 0 unspecified atom stereocenters. The van der Waals surface area contributed by atoms with Gasteiger partial charge in [0.05, 0.1) is 5.75 Å². The van der Waals surface area contributed by atoms with Gasteiger partial charge in [-0.05, 0) is 61.7 Å². The van der Waals surface area contributed by atoms with Crippen LogP contribution in [0.25, 0.3) is 0 Å². The predicted molar refractivity (Wildman–Crippen MR) is 114 cm³/mol. The lowest BCUT2D eigenvalue weighted by Gasteiger charge is -2.38. The van der Waals surface area contributed by atoms with Gasteiger partial charge in [0.2, 0.25) is 10.0 Å². The number of hydrogen-bond donors (Lipinski definition) is 1. The van der Waals surface area contributed by atoms with Gasteiger partial charge in [-0.3, -0.25) is 4.72 Å². The summed E-state index contributed by atoms with van der Waals surface area (Å²) in [6.45, 7) is 10.1. The molecule has 2 aromatic carbocycles. The Morgan fingerprint density at radius 1 is 0.926 bits per heavy atom. The average Bonchev–Trinajstić information content (AvgIpc) is 2.64. The monoisotopic (exact) mass is 387 g/mol. The fourth-order valence-corrected chi connectivity index (χ4v) is 4.66. The summed E-state index contributed by atoms with van der Waals surface area (Å²) in [6.07, 6.45) is 0.609. The quantitative estimate of drug-likeness (QED) is 0.820. The van der Waals surface area contributed by atoms with Crippen molar-refractivity contribution in [3.05, 3.63) is 53.6 Å². The van der Waals surface area contributed by atoms with Crippen LogP contribution < -0.4 is 14.5 Å². The Bertz CT molecular complexity index is 871. The summed E-state index contributed by atoms with van der Waals surface area (Å²) in [5, 5.41) is 0. The Kier molecular flexibility index (Phi) is 5.95. The van der Waals surface area contributed by atoms with Crippen LogP contribution in [0.15, 0.2) is 42.5 Å². The van der Waals surface area contributed by atoms with Gasteiger partial charge in [-0.15, -0.1) is 0 Å². The predicted octanol–water partition coefficient (Wildman–Crippen LogP) is 3.78. The zero-order valence-electron chi connectivity index (χ0n) is 16.4. The standard InChI is InChI=1S/C21H29N3O2S/c1-4-16-27(25,26)22-19-8-10-20(11-9-19)23-12-14-24(15-13-23)21-7-5-6-17(2)18(21)3/h5-11,22H,4,12-16H2,1-3H3. The van der Waals surface area contributed by atoms with Crippen molar-refractivity contribution >= 4 is 27.1 Å². The van der Waals surface area contributed by atoms with Crippen LogP contribution in [-0.2, 0) is 10.0 Å². The Balaban J connectivity index is 1.62. The summed E-state index contributed by atoms with van der Waals surface area (Å²) in [6, 6.07) is 14.2. The van der Waals surface area contributed by atoms with E-state index < -0.39 is 10.0 Å². The number of sulfonamides is 1. The maximum Gasteiger partial charge on any atom is 0.232 e. The second-order valence-corrected chi connectivity index (χ2v) is 9.00. The summed E-state index contributed by atoms with van der Waals surface area (Å²) in [4.78, 5) is 4.80. The number of hydrogen-bond acceptors (Lipinski definition) is 4. The Morgan fingerprint density at radius 2 is 1.56 bits per heavy atom. The molecule has 0 radical (unpaired) electrons. The molecule has 0 bridgehead atoms. The van der Waals surface area contributed by atoms with E-state index >= 15 is 0 Å². The summed E-state index contributed by atoms with van der Waals surface area (Å²) in [7, 11) is -3.24. The first-order chi connectivity index (χ1) is 12.9. The van der Waals surface area contributed by atoms with Gasteiger partial charge in [0.25, 0.3) is 0 Å². The van der Waals surface area contributed by atoms with Gasteiger partial charge in [0.15, 0.2) is 0 Å². The zero-order valence-corrected chi connectivity index (χ0v) is 17.2. The molecule has 3 rings (SSSR count). The third-order valence-corrected chi connectivity index (χ3v) is 6.67. The molecule has 0 aromatic heterocycles. The highest BCUT2D eigenvalue weighted by atomic mass is 32.2. The van der Waals surface area contributed by atoms with Gasteiger partial charge < -0.3 is 9.80 Å². The summed E-state index contributed by atoms with van der Waals surface area (Å²) in [5.74, 6) is 0.148. The lowest BCUT2D eigenvalue weighted by molar-refractivity contribution is 0.600. The number of anilines is 3. The number of benzene rings is 2. The van der Waals surface area contributed by atoms with Crippen molar-refractivity contribution in [2.24, 2.45) is 0 Å². The number of nitrogens with zero attached hydrogens (tertiary/aromatic N) is 2. The van der Waals surface area contributed by atoms with Crippen LogP contribution in [0.3, 0.4) is 0 Å². The lowest BCUT2D eigenvalue weighted by atomic mass is 10.1. The molecule has 5 nitrogen and oxygen atoms in total. The molecular weight excluding hydrogens is 358 g/mol. The van der Waals surface area contributed by atoms with Crippen molar-refractivity contribution in [3.8, 4) is 0 Å².